The van der Waals surface area contributed by atoms with Crippen molar-refractivity contribution >= 4 is 11.3 Å². The second kappa shape index (κ2) is 3.87. The largest absolute Gasteiger partial charge is 0.294 e. The van der Waals surface area contributed by atoms with Gasteiger partial charge in [-0.1, -0.05) is 18.2 Å². The Labute approximate surface area is 94.3 Å². The van der Waals surface area contributed by atoms with E-state index in [1.165, 1.54) is 0 Å². The molecule has 0 amide bonds. The Hall–Kier alpha value is -0.850. The summed E-state index contributed by atoms with van der Waals surface area (Å²) in [7, 11) is 0. The van der Waals surface area contributed by atoms with Crippen LogP contribution in [0.15, 0.2) is 18.2 Å². The van der Waals surface area contributed by atoms with Gasteiger partial charge in [-0.2, -0.15) is 0 Å². The van der Waals surface area contributed by atoms with Crippen LogP contribution in [0.5, 0.6) is 0 Å². The highest BCUT2D eigenvalue weighted by Crippen LogP contribution is 2.44. The van der Waals surface area contributed by atoms with Gasteiger partial charge < -0.3 is 0 Å². The monoisotopic (exact) mass is 247 g/mol. The first-order valence-corrected chi connectivity index (χ1v) is 5.86. The summed E-state index contributed by atoms with van der Waals surface area (Å²) < 4.78 is 48.6. The minimum Gasteiger partial charge on any atom is -0.294 e. The molecule has 3 nitrogen and oxygen atoms in total. The van der Waals surface area contributed by atoms with E-state index in [0.29, 0.717) is 16.7 Å². The Morgan fingerprint density at radius 2 is 2.25 bits per heavy atom. The highest BCUT2D eigenvalue weighted by molar-refractivity contribution is 7.77. The van der Waals surface area contributed by atoms with E-state index in [1.54, 1.807) is 25.1 Å². The van der Waals surface area contributed by atoms with Gasteiger partial charge in [0.15, 0.2) is 0 Å². The predicted octanol–water partition coefficient (Wildman–Crippen LogP) is 1.95. The summed E-state index contributed by atoms with van der Waals surface area (Å²) in [5.74, 6) is -3.02. The van der Waals surface area contributed by atoms with Crippen molar-refractivity contribution in [2.24, 2.45) is 0 Å². The maximum Gasteiger partial charge on any atom is 0.272 e. The van der Waals surface area contributed by atoms with Gasteiger partial charge in [0, 0.05) is 6.42 Å². The molecular formula is C10H11F2NO2S. The van der Waals surface area contributed by atoms with Gasteiger partial charge in [0.25, 0.3) is 5.92 Å². The van der Waals surface area contributed by atoms with Gasteiger partial charge in [-0.3, -0.25) is 4.55 Å². The van der Waals surface area contributed by atoms with Crippen LogP contribution in [0.1, 0.15) is 22.7 Å². The molecule has 0 saturated carbocycles. The molecule has 16 heavy (non-hydrogen) atoms. The van der Waals surface area contributed by atoms with Gasteiger partial charge in [-0.25, -0.2) is 17.7 Å². The Morgan fingerprint density at radius 3 is 2.88 bits per heavy atom. The lowest BCUT2D eigenvalue weighted by Crippen LogP contribution is -2.35. The van der Waals surface area contributed by atoms with E-state index in [2.05, 4.69) is 0 Å². The number of alkyl halides is 2. The zero-order chi connectivity index (χ0) is 11.9. The Balaban J connectivity index is 2.47. The average Bonchev–Trinajstić information content (AvgIpc) is 2.38. The maximum atomic E-state index is 13.6. The Morgan fingerprint density at radius 1 is 1.56 bits per heavy atom. The van der Waals surface area contributed by atoms with Crippen LogP contribution in [-0.4, -0.2) is 14.7 Å². The summed E-state index contributed by atoms with van der Waals surface area (Å²) in [4.78, 5) is 0. The Bertz CT molecular complexity index is 450. The van der Waals surface area contributed by atoms with Gasteiger partial charge in [0.1, 0.15) is 6.04 Å². The number of nitrogens with one attached hydrogen (secondary N) is 1. The van der Waals surface area contributed by atoms with Crippen LogP contribution in [0.4, 0.5) is 8.78 Å². The third kappa shape index (κ3) is 1.88. The molecule has 0 aromatic heterocycles. The first-order valence-electron chi connectivity index (χ1n) is 4.75. The van der Waals surface area contributed by atoms with Crippen molar-refractivity contribution in [2.75, 3.05) is 0 Å². The van der Waals surface area contributed by atoms with Crippen molar-refractivity contribution < 1.29 is 17.5 Å². The molecule has 1 aliphatic rings. The third-order valence-corrected chi connectivity index (χ3v) is 3.21. The SMILES string of the molecule is Cc1cccc2c1C(NS(=O)O)C(F)(F)C2. The van der Waals surface area contributed by atoms with E-state index < -0.39 is 29.7 Å². The topological polar surface area (TPSA) is 49.3 Å². The number of fused-ring (bicyclic) bond motifs is 1. The van der Waals surface area contributed by atoms with Crippen LogP contribution >= 0.6 is 0 Å². The third-order valence-electron chi connectivity index (χ3n) is 2.77. The highest BCUT2D eigenvalue weighted by atomic mass is 32.2. The number of aryl methyl sites for hydroxylation is 1. The molecule has 0 spiro atoms. The number of hydrogen-bond acceptors (Lipinski definition) is 1. The molecule has 0 aliphatic heterocycles. The standard InChI is InChI=1S/C10H11F2NO2S/c1-6-3-2-4-7-5-10(11,12)9(8(6)7)13-16(14)15/h2-4,9,13H,5H2,1H3,(H,14,15). The zero-order valence-corrected chi connectivity index (χ0v) is 9.35. The predicted molar refractivity (Wildman–Crippen MR) is 56.5 cm³/mol. The molecule has 2 rings (SSSR count). The van der Waals surface area contributed by atoms with Gasteiger partial charge in [0.05, 0.1) is 0 Å². The summed E-state index contributed by atoms with van der Waals surface area (Å²) >= 11 is -2.45. The Kier molecular flexibility index (Phi) is 2.81. The molecule has 0 fully saturated rings. The summed E-state index contributed by atoms with van der Waals surface area (Å²) in [6.45, 7) is 1.72. The van der Waals surface area contributed by atoms with E-state index in [1.807, 2.05) is 4.72 Å². The molecule has 0 heterocycles. The summed E-state index contributed by atoms with van der Waals surface area (Å²) in [5.41, 5.74) is 1.68. The fourth-order valence-corrected chi connectivity index (χ4v) is 2.61. The summed E-state index contributed by atoms with van der Waals surface area (Å²) in [6.07, 6.45) is -0.390. The van der Waals surface area contributed by atoms with E-state index in [-0.39, 0.29) is 0 Å². The lowest BCUT2D eigenvalue weighted by molar-refractivity contribution is -0.0189. The van der Waals surface area contributed by atoms with Gasteiger partial charge in [-0.05, 0) is 23.6 Å². The molecule has 1 aliphatic carbocycles. The quantitative estimate of drug-likeness (QED) is 0.785. The number of halogens is 2. The fraction of sp³-hybridized carbons (Fsp3) is 0.400. The smallest absolute Gasteiger partial charge is 0.272 e. The molecule has 88 valence electrons. The molecule has 0 saturated heterocycles. The number of rotatable bonds is 2. The molecular weight excluding hydrogens is 236 g/mol. The molecule has 0 bridgehead atoms. The van der Waals surface area contributed by atoms with Crippen molar-refractivity contribution in [1.82, 2.24) is 4.72 Å². The van der Waals surface area contributed by atoms with Crippen LogP contribution in [0.3, 0.4) is 0 Å². The lowest BCUT2D eigenvalue weighted by Gasteiger charge is -2.20. The summed E-state index contributed by atoms with van der Waals surface area (Å²) in [6, 6.07) is 3.67. The van der Waals surface area contributed by atoms with Crippen molar-refractivity contribution in [3.8, 4) is 0 Å². The van der Waals surface area contributed by atoms with Crippen LogP contribution in [-0.2, 0) is 17.7 Å². The number of benzene rings is 1. The molecule has 1 aromatic rings. The number of hydrogen-bond donors (Lipinski definition) is 2. The van der Waals surface area contributed by atoms with Crippen LogP contribution in [0.25, 0.3) is 0 Å². The van der Waals surface area contributed by atoms with Crippen LogP contribution in [0, 0.1) is 6.92 Å². The first kappa shape index (κ1) is 11.6. The van der Waals surface area contributed by atoms with Gasteiger partial charge in [0.2, 0.25) is 11.3 Å². The second-order valence-electron chi connectivity index (χ2n) is 3.89. The fourth-order valence-electron chi connectivity index (χ4n) is 2.12. The summed E-state index contributed by atoms with van der Waals surface area (Å²) in [5, 5.41) is 0. The van der Waals surface area contributed by atoms with Gasteiger partial charge >= 0.3 is 0 Å². The zero-order valence-electron chi connectivity index (χ0n) is 8.54. The normalized spacial score (nSPS) is 24.1. The van der Waals surface area contributed by atoms with Crippen molar-refractivity contribution in [2.45, 2.75) is 25.3 Å². The van der Waals surface area contributed by atoms with Gasteiger partial charge in [-0.15, -0.1) is 0 Å². The second-order valence-corrected chi connectivity index (χ2v) is 4.62. The molecule has 2 unspecified atom stereocenters. The average molecular weight is 247 g/mol. The van der Waals surface area contributed by atoms with E-state index >= 15 is 0 Å². The molecule has 0 radical (unpaired) electrons. The molecule has 2 atom stereocenters. The minimum atomic E-state index is -3.02. The van der Waals surface area contributed by atoms with Crippen LogP contribution < -0.4 is 4.72 Å². The first-order chi connectivity index (χ1) is 7.42. The van der Waals surface area contributed by atoms with Crippen molar-refractivity contribution in [3.05, 3.63) is 34.9 Å². The van der Waals surface area contributed by atoms with Crippen molar-refractivity contribution in [1.29, 1.82) is 0 Å². The van der Waals surface area contributed by atoms with E-state index in [9.17, 15) is 13.0 Å². The molecule has 6 heteroatoms. The van der Waals surface area contributed by atoms with E-state index in [4.69, 9.17) is 4.55 Å². The van der Waals surface area contributed by atoms with Crippen molar-refractivity contribution in [3.63, 3.8) is 0 Å². The minimum absolute atomic E-state index is 0.390. The highest BCUT2D eigenvalue weighted by Gasteiger charge is 2.48. The molecule has 1 aromatic carbocycles. The molecule has 2 N–H and O–H groups in total. The van der Waals surface area contributed by atoms with Crippen LogP contribution in [0.2, 0.25) is 0 Å². The lowest BCUT2D eigenvalue weighted by atomic mass is 10.0. The van der Waals surface area contributed by atoms with E-state index in [0.717, 1.165) is 0 Å². The maximum absolute atomic E-state index is 13.6.